The molecule has 0 aliphatic heterocycles. The van der Waals surface area contributed by atoms with Gasteiger partial charge in [0.1, 0.15) is 15.5 Å². The Morgan fingerprint density at radius 1 is 1.39 bits per heavy atom. The average Bonchev–Trinajstić information content (AvgIpc) is 2.28. The van der Waals surface area contributed by atoms with Crippen LogP contribution in [0.5, 0.6) is 0 Å². The SMILES string of the molecule is CCS(=O)(=O)CCCC(=O)c1ncc(Cl)cc1Cl. The number of nitrogens with zero attached hydrogens (tertiary/aromatic N) is 1. The second-order valence-corrected chi connectivity index (χ2v) is 7.06. The Bertz CT molecular complexity index is 543. The Kier molecular flexibility index (Phi) is 5.56. The number of halogens is 2. The van der Waals surface area contributed by atoms with E-state index in [2.05, 4.69) is 4.98 Å². The third-order valence-corrected chi connectivity index (χ3v) is 4.66. The fraction of sp³-hybridized carbons (Fsp3) is 0.455. The van der Waals surface area contributed by atoms with Crippen molar-refractivity contribution in [2.75, 3.05) is 11.5 Å². The van der Waals surface area contributed by atoms with Crippen LogP contribution in [-0.2, 0) is 9.84 Å². The van der Waals surface area contributed by atoms with Crippen molar-refractivity contribution >= 4 is 38.8 Å². The van der Waals surface area contributed by atoms with Gasteiger partial charge in [0.05, 0.1) is 15.8 Å². The summed E-state index contributed by atoms with van der Waals surface area (Å²) in [6.07, 6.45) is 1.71. The van der Waals surface area contributed by atoms with Crippen LogP contribution < -0.4 is 0 Å². The van der Waals surface area contributed by atoms with Crippen molar-refractivity contribution in [2.45, 2.75) is 19.8 Å². The minimum absolute atomic E-state index is 0.000445. The lowest BCUT2D eigenvalue weighted by molar-refractivity contribution is 0.0977. The first-order valence-electron chi connectivity index (χ1n) is 5.40. The number of carbonyl (C=O) groups excluding carboxylic acids is 1. The summed E-state index contributed by atoms with van der Waals surface area (Å²) in [7, 11) is -3.04. The first-order chi connectivity index (χ1) is 8.35. The molecule has 0 atom stereocenters. The number of ketones is 1. The Morgan fingerprint density at radius 2 is 2.06 bits per heavy atom. The van der Waals surface area contributed by atoms with Crippen LogP contribution in [0.4, 0.5) is 0 Å². The third kappa shape index (κ3) is 4.55. The van der Waals surface area contributed by atoms with Gasteiger partial charge in [0, 0.05) is 18.4 Å². The molecule has 18 heavy (non-hydrogen) atoms. The van der Waals surface area contributed by atoms with Crippen LogP contribution in [0.1, 0.15) is 30.3 Å². The Labute approximate surface area is 116 Å². The van der Waals surface area contributed by atoms with E-state index in [4.69, 9.17) is 23.2 Å². The minimum atomic E-state index is -3.04. The number of carbonyl (C=O) groups is 1. The minimum Gasteiger partial charge on any atom is -0.292 e. The van der Waals surface area contributed by atoms with Gasteiger partial charge in [-0.15, -0.1) is 0 Å². The molecule has 0 amide bonds. The number of Topliss-reactive ketones (excluding diaryl/α,β-unsaturated/α-hetero) is 1. The largest absolute Gasteiger partial charge is 0.292 e. The summed E-state index contributed by atoms with van der Waals surface area (Å²) in [6, 6.07) is 1.44. The maximum absolute atomic E-state index is 11.8. The predicted molar refractivity (Wildman–Crippen MR) is 72.1 cm³/mol. The number of hydrogen-bond acceptors (Lipinski definition) is 4. The maximum atomic E-state index is 11.8. The molecule has 1 heterocycles. The highest BCUT2D eigenvalue weighted by atomic mass is 35.5. The van der Waals surface area contributed by atoms with Crippen LogP contribution in [0.3, 0.4) is 0 Å². The summed E-state index contributed by atoms with van der Waals surface area (Å²) in [6.45, 7) is 1.58. The van der Waals surface area contributed by atoms with Crippen molar-refractivity contribution in [3.05, 3.63) is 28.0 Å². The van der Waals surface area contributed by atoms with E-state index in [0.717, 1.165) is 0 Å². The van der Waals surface area contributed by atoms with E-state index in [1.165, 1.54) is 12.3 Å². The van der Waals surface area contributed by atoms with Crippen molar-refractivity contribution in [1.29, 1.82) is 0 Å². The lowest BCUT2D eigenvalue weighted by atomic mass is 10.1. The molecule has 0 unspecified atom stereocenters. The molecule has 7 heteroatoms. The summed E-state index contributed by atoms with van der Waals surface area (Å²) >= 11 is 11.5. The molecule has 1 aromatic rings. The molecular formula is C11H13Cl2NO3S. The normalized spacial score (nSPS) is 11.5. The fourth-order valence-corrected chi connectivity index (χ4v) is 2.69. The molecule has 0 saturated heterocycles. The lowest BCUT2D eigenvalue weighted by Crippen LogP contribution is -2.11. The third-order valence-electron chi connectivity index (χ3n) is 2.37. The van der Waals surface area contributed by atoms with E-state index in [0.29, 0.717) is 5.02 Å². The van der Waals surface area contributed by atoms with E-state index in [-0.39, 0.29) is 40.8 Å². The lowest BCUT2D eigenvalue weighted by Gasteiger charge is -2.03. The first kappa shape index (κ1) is 15.4. The van der Waals surface area contributed by atoms with Crippen molar-refractivity contribution in [2.24, 2.45) is 0 Å². The highest BCUT2D eigenvalue weighted by Gasteiger charge is 2.14. The zero-order valence-corrected chi connectivity index (χ0v) is 12.1. The molecule has 0 aromatic carbocycles. The average molecular weight is 310 g/mol. The smallest absolute Gasteiger partial charge is 0.182 e. The van der Waals surface area contributed by atoms with Gasteiger partial charge in [-0.05, 0) is 12.5 Å². The Morgan fingerprint density at radius 3 is 2.61 bits per heavy atom. The standard InChI is InChI=1S/C11H13Cl2NO3S/c1-2-18(16,17)5-3-4-10(15)11-9(13)6-8(12)7-14-11/h6-7H,2-5H2,1H3. The van der Waals surface area contributed by atoms with E-state index in [1.54, 1.807) is 6.92 Å². The van der Waals surface area contributed by atoms with Gasteiger partial charge >= 0.3 is 0 Å². The zero-order chi connectivity index (χ0) is 13.8. The molecule has 0 saturated carbocycles. The molecule has 0 bridgehead atoms. The molecule has 0 fully saturated rings. The van der Waals surface area contributed by atoms with Gasteiger partial charge in [-0.1, -0.05) is 30.1 Å². The second kappa shape index (κ2) is 6.50. The van der Waals surface area contributed by atoms with Crippen molar-refractivity contribution < 1.29 is 13.2 Å². The van der Waals surface area contributed by atoms with Crippen LogP contribution >= 0.6 is 23.2 Å². The predicted octanol–water partition coefficient (Wildman–Crippen LogP) is 2.79. The van der Waals surface area contributed by atoms with E-state index in [9.17, 15) is 13.2 Å². The molecule has 1 aromatic heterocycles. The molecule has 100 valence electrons. The molecular weight excluding hydrogens is 297 g/mol. The molecule has 0 spiro atoms. The van der Waals surface area contributed by atoms with Crippen LogP contribution in [0.2, 0.25) is 10.0 Å². The summed E-state index contributed by atoms with van der Waals surface area (Å²) in [5, 5.41) is 0.538. The number of sulfone groups is 1. The van der Waals surface area contributed by atoms with E-state index >= 15 is 0 Å². The monoisotopic (exact) mass is 309 g/mol. The quantitative estimate of drug-likeness (QED) is 0.758. The molecule has 0 radical (unpaired) electrons. The van der Waals surface area contributed by atoms with E-state index in [1.807, 2.05) is 0 Å². The highest BCUT2D eigenvalue weighted by molar-refractivity contribution is 7.91. The van der Waals surface area contributed by atoms with Crippen LogP contribution in [0.15, 0.2) is 12.3 Å². The van der Waals surface area contributed by atoms with Crippen LogP contribution in [-0.4, -0.2) is 30.7 Å². The van der Waals surface area contributed by atoms with Gasteiger partial charge in [0.15, 0.2) is 5.78 Å². The summed E-state index contributed by atoms with van der Waals surface area (Å²) in [4.78, 5) is 15.6. The van der Waals surface area contributed by atoms with Gasteiger partial charge in [-0.3, -0.25) is 9.78 Å². The molecule has 0 N–H and O–H groups in total. The fourth-order valence-electron chi connectivity index (χ4n) is 1.34. The Hall–Kier alpha value is -0.650. The van der Waals surface area contributed by atoms with Gasteiger partial charge in [-0.25, -0.2) is 8.42 Å². The summed E-state index contributed by atoms with van der Waals surface area (Å²) < 4.78 is 22.5. The number of hydrogen-bond donors (Lipinski definition) is 0. The molecule has 4 nitrogen and oxygen atoms in total. The topological polar surface area (TPSA) is 64.1 Å². The maximum Gasteiger partial charge on any atom is 0.182 e. The van der Waals surface area contributed by atoms with Gasteiger partial charge in [-0.2, -0.15) is 0 Å². The first-order valence-corrected chi connectivity index (χ1v) is 7.98. The van der Waals surface area contributed by atoms with E-state index < -0.39 is 9.84 Å². The van der Waals surface area contributed by atoms with Crippen molar-refractivity contribution in [1.82, 2.24) is 4.98 Å². The molecule has 0 aliphatic carbocycles. The number of aromatic nitrogens is 1. The second-order valence-electron chi connectivity index (χ2n) is 3.75. The molecule has 1 rings (SSSR count). The summed E-state index contributed by atoms with van der Waals surface area (Å²) in [5.74, 6) is -0.190. The van der Waals surface area contributed by atoms with Crippen LogP contribution in [0, 0.1) is 0 Å². The van der Waals surface area contributed by atoms with Crippen molar-refractivity contribution in [3.63, 3.8) is 0 Å². The highest BCUT2D eigenvalue weighted by Crippen LogP contribution is 2.20. The Balaban J connectivity index is 2.61. The van der Waals surface area contributed by atoms with Gasteiger partial charge in [0.25, 0.3) is 0 Å². The van der Waals surface area contributed by atoms with Crippen molar-refractivity contribution in [3.8, 4) is 0 Å². The van der Waals surface area contributed by atoms with Gasteiger partial charge < -0.3 is 0 Å². The summed E-state index contributed by atoms with van der Waals surface area (Å²) in [5.41, 5.74) is 0.134. The zero-order valence-electron chi connectivity index (χ0n) is 9.82. The van der Waals surface area contributed by atoms with Crippen LogP contribution in [0.25, 0.3) is 0 Å². The molecule has 0 aliphatic rings. The number of rotatable bonds is 6. The number of pyridine rings is 1. The van der Waals surface area contributed by atoms with Gasteiger partial charge in [0.2, 0.25) is 0 Å².